The smallest absolute Gasteiger partial charge is 0.126 e. The standard InChI is InChI=1S/C19H22N4OS/c1-15-19-21-10-18(13-24-12-17-4-2-3-6-20-17)23(19)8-7-22(15)11-16-5-9-25-14-16/h2-6,9-10,14-15H,7-8,11-13H2,1H3. The number of rotatable bonds is 6. The van der Waals surface area contributed by atoms with Crippen molar-refractivity contribution in [1.29, 1.82) is 0 Å². The Kier molecular flexibility index (Phi) is 4.92. The average molecular weight is 354 g/mol. The van der Waals surface area contributed by atoms with Gasteiger partial charge in [-0.2, -0.15) is 11.3 Å². The van der Waals surface area contributed by atoms with Gasteiger partial charge in [-0.1, -0.05) is 6.07 Å². The molecular formula is C19H22N4OS. The second-order valence-corrected chi connectivity index (χ2v) is 7.13. The van der Waals surface area contributed by atoms with E-state index in [1.54, 1.807) is 17.5 Å². The van der Waals surface area contributed by atoms with E-state index in [9.17, 15) is 0 Å². The lowest BCUT2D eigenvalue weighted by atomic mass is 10.2. The van der Waals surface area contributed by atoms with Crippen molar-refractivity contribution in [2.45, 2.75) is 39.3 Å². The van der Waals surface area contributed by atoms with Crippen LogP contribution in [-0.2, 0) is 31.0 Å². The zero-order chi connectivity index (χ0) is 17.1. The molecule has 0 fully saturated rings. The highest BCUT2D eigenvalue weighted by atomic mass is 32.1. The summed E-state index contributed by atoms with van der Waals surface area (Å²) in [6.07, 6.45) is 3.75. The van der Waals surface area contributed by atoms with Crippen molar-refractivity contribution in [2.75, 3.05) is 6.54 Å². The van der Waals surface area contributed by atoms with Crippen LogP contribution in [0.5, 0.6) is 0 Å². The molecule has 25 heavy (non-hydrogen) atoms. The van der Waals surface area contributed by atoms with E-state index in [4.69, 9.17) is 4.74 Å². The zero-order valence-electron chi connectivity index (χ0n) is 14.3. The zero-order valence-corrected chi connectivity index (χ0v) is 15.2. The summed E-state index contributed by atoms with van der Waals surface area (Å²) in [7, 11) is 0. The van der Waals surface area contributed by atoms with Gasteiger partial charge in [0, 0.05) is 25.8 Å². The van der Waals surface area contributed by atoms with Crippen LogP contribution >= 0.6 is 11.3 Å². The average Bonchev–Trinajstić information content (AvgIpc) is 3.29. The second-order valence-electron chi connectivity index (χ2n) is 6.35. The van der Waals surface area contributed by atoms with E-state index in [0.717, 1.165) is 36.8 Å². The number of ether oxygens (including phenoxy) is 1. The van der Waals surface area contributed by atoms with Crippen molar-refractivity contribution in [3.05, 3.63) is 70.2 Å². The minimum Gasteiger partial charge on any atom is -0.369 e. The summed E-state index contributed by atoms with van der Waals surface area (Å²) in [5, 5.41) is 4.37. The van der Waals surface area contributed by atoms with Gasteiger partial charge < -0.3 is 9.30 Å². The van der Waals surface area contributed by atoms with Crippen LogP contribution in [0.25, 0.3) is 0 Å². The topological polar surface area (TPSA) is 43.2 Å². The molecule has 3 aromatic heterocycles. The van der Waals surface area contributed by atoms with Gasteiger partial charge in [-0.25, -0.2) is 4.98 Å². The van der Waals surface area contributed by atoms with Crippen molar-refractivity contribution < 1.29 is 4.74 Å². The molecule has 4 rings (SSSR count). The maximum Gasteiger partial charge on any atom is 0.126 e. The van der Waals surface area contributed by atoms with E-state index >= 15 is 0 Å². The largest absolute Gasteiger partial charge is 0.369 e. The number of hydrogen-bond acceptors (Lipinski definition) is 5. The molecule has 1 unspecified atom stereocenters. The van der Waals surface area contributed by atoms with E-state index in [2.05, 4.69) is 43.2 Å². The fraction of sp³-hybridized carbons (Fsp3) is 0.368. The van der Waals surface area contributed by atoms with Crippen molar-refractivity contribution in [1.82, 2.24) is 19.4 Å². The van der Waals surface area contributed by atoms with Crippen molar-refractivity contribution in [2.24, 2.45) is 0 Å². The summed E-state index contributed by atoms with van der Waals surface area (Å²) in [6.45, 7) is 6.33. The van der Waals surface area contributed by atoms with E-state index in [-0.39, 0.29) is 0 Å². The molecule has 0 spiro atoms. The van der Waals surface area contributed by atoms with Gasteiger partial charge in [0.25, 0.3) is 0 Å². The Morgan fingerprint density at radius 3 is 2.96 bits per heavy atom. The molecule has 130 valence electrons. The highest BCUT2D eigenvalue weighted by molar-refractivity contribution is 7.07. The Morgan fingerprint density at radius 1 is 1.20 bits per heavy atom. The molecule has 0 saturated carbocycles. The molecule has 0 saturated heterocycles. The number of thiophene rings is 1. The number of hydrogen-bond donors (Lipinski definition) is 0. The molecule has 1 aliphatic rings. The number of fused-ring (bicyclic) bond motifs is 1. The Morgan fingerprint density at radius 2 is 2.16 bits per heavy atom. The number of imidazole rings is 1. The van der Waals surface area contributed by atoms with Crippen LogP contribution in [0.2, 0.25) is 0 Å². The van der Waals surface area contributed by atoms with Gasteiger partial charge in [-0.3, -0.25) is 9.88 Å². The molecule has 1 atom stereocenters. The molecule has 5 nitrogen and oxygen atoms in total. The predicted octanol–water partition coefficient (Wildman–Crippen LogP) is 3.63. The van der Waals surface area contributed by atoms with E-state index in [1.807, 2.05) is 24.4 Å². The second kappa shape index (κ2) is 7.47. The first-order valence-corrected chi connectivity index (χ1v) is 9.52. The van der Waals surface area contributed by atoms with Crippen LogP contribution in [-0.4, -0.2) is 26.0 Å². The highest BCUT2D eigenvalue weighted by Gasteiger charge is 2.27. The number of aromatic nitrogens is 3. The summed E-state index contributed by atoms with van der Waals surface area (Å²) < 4.78 is 8.15. The van der Waals surface area contributed by atoms with Crippen molar-refractivity contribution in [3.63, 3.8) is 0 Å². The lowest BCUT2D eigenvalue weighted by molar-refractivity contribution is 0.0949. The first-order valence-electron chi connectivity index (χ1n) is 8.58. The van der Waals surface area contributed by atoms with Crippen LogP contribution < -0.4 is 0 Å². The summed E-state index contributed by atoms with van der Waals surface area (Å²) in [4.78, 5) is 11.4. The Balaban J connectivity index is 1.39. The normalized spacial score (nSPS) is 17.6. The van der Waals surface area contributed by atoms with Gasteiger partial charge in [0.2, 0.25) is 0 Å². The predicted molar refractivity (Wildman–Crippen MR) is 98.1 cm³/mol. The molecule has 0 bridgehead atoms. The minimum atomic E-state index is 0.318. The Hall–Kier alpha value is -2.02. The number of nitrogens with zero attached hydrogens (tertiary/aromatic N) is 4. The third-order valence-electron chi connectivity index (χ3n) is 4.69. The molecule has 3 aromatic rings. The number of pyridine rings is 1. The van der Waals surface area contributed by atoms with Gasteiger partial charge >= 0.3 is 0 Å². The summed E-state index contributed by atoms with van der Waals surface area (Å²) in [6, 6.07) is 8.40. The van der Waals surface area contributed by atoms with Crippen molar-refractivity contribution in [3.8, 4) is 0 Å². The molecule has 0 N–H and O–H groups in total. The van der Waals surface area contributed by atoms with Crippen LogP contribution in [0.15, 0.2) is 47.4 Å². The SMILES string of the molecule is CC1c2ncc(COCc3ccccn3)n2CCN1Cc1ccsc1. The van der Waals surface area contributed by atoms with Crippen LogP contribution in [0.4, 0.5) is 0 Å². The maximum atomic E-state index is 5.84. The first-order chi connectivity index (χ1) is 12.3. The van der Waals surface area contributed by atoms with Gasteiger partial charge in [0.1, 0.15) is 5.82 Å². The van der Waals surface area contributed by atoms with E-state index in [0.29, 0.717) is 19.3 Å². The van der Waals surface area contributed by atoms with Gasteiger partial charge in [-0.15, -0.1) is 0 Å². The third-order valence-corrected chi connectivity index (χ3v) is 5.43. The molecule has 4 heterocycles. The maximum absolute atomic E-state index is 5.84. The molecule has 0 amide bonds. The third kappa shape index (κ3) is 3.66. The Bertz CT molecular complexity index is 800. The van der Waals surface area contributed by atoms with Crippen LogP contribution in [0, 0.1) is 0 Å². The quantitative estimate of drug-likeness (QED) is 0.678. The highest BCUT2D eigenvalue weighted by Crippen LogP contribution is 2.27. The Labute approximate surface area is 151 Å². The monoisotopic (exact) mass is 354 g/mol. The molecule has 0 radical (unpaired) electrons. The molecule has 1 aliphatic heterocycles. The van der Waals surface area contributed by atoms with Gasteiger partial charge in [0.15, 0.2) is 0 Å². The fourth-order valence-electron chi connectivity index (χ4n) is 3.30. The molecule has 0 aromatic carbocycles. The minimum absolute atomic E-state index is 0.318. The lowest BCUT2D eigenvalue weighted by Gasteiger charge is -2.34. The molecule has 6 heteroatoms. The van der Waals surface area contributed by atoms with E-state index in [1.165, 1.54) is 5.56 Å². The van der Waals surface area contributed by atoms with Gasteiger partial charge in [-0.05, 0) is 41.4 Å². The molecular weight excluding hydrogens is 332 g/mol. The first kappa shape index (κ1) is 16.4. The lowest BCUT2D eigenvalue weighted by Crippen LogP contribution is -2.37. The van der Waals surface area contributed by atoms with Crippen LogP contribution in [0.3, 0.4) is 0 Å². The fourth-order valence-corrected chi connectivity index (χ4v) is 3.96. The van der Waals surface area contributed by atoms with Crippen molar-refractivity contribution >= 4 is 11.3 Å². The van der Waals surface area contributed by atoms with Gasteiger partial charge in [0.05, 0.1) is 36.8 Å². The van der Waals surface area contributed by atoms with E-state index < -0.39 is 0 Å². The summed E-state index contributed by atoms with van der Waals surface area (Å²) >= 11 is 1.76. The molecule has 0 aliphatic carbocycles. The summed E-state index contributed by atoms with van der Waals surface area (Å²) in [5.41, 5.74) is 3.49. The van der Waals surface area contributed by atoms with Crippen LogP contribution in [0.1, 0.15) is 35.7 Å². The summed E-state index contributed by atoms with van der Waals surface area (Å²) in [5.74, 6) is 1.14.